The van der Waals surface area contributed by atoms with Crippen LogP contribution in [0.3, 0.4) is 0 Å². The third-order valence-electron chi connectivity index (χ3n) is 8.40. The second kappa shape index (κ2) is 14.0. The fraction of sp³-hybridized carbons (Fsp3) is 0.567. The maximum atomic E-state index is 10.9. The average Bonchev–Trinajstić information content (AvgIpc) is 3.29. The SMILES string of the molecule is CCn1c(CN)[n+](CC)c2ccc(C3CCN(C[C@H](O)[C@@H](O)[C@@H]4OC(c5ccccc5)OC[C@H]4O)CC3)cc21.[I-]. The fourth-order valence-corrected chi connectivity index (χ4v) is 6.28. The molecule has 5 N–H and O–H groups in total. The third-order valence-corrected chi connectivity index (χ3v) is 8.40. The summed E-state index contributed by atoms with van der Waals surface area (Å²) in [7, 11) is 0. The highest BCUT2D eigenvalue weighted by Gasteiger charge is 2.40. The largest absolute Gasteiger partial charge is 1.00 e. The molecule has 2 aliphatic rings. The zero-order valence-electron chi connectivity index (χ0n) is 23.4. The van der Waals surface area contributed by atoms with E-state index in [4.69, 9.17) is 15.2 Å². The van der Waals surface area contributed by atoms with Gasteiger partial charge in [0.15, 0.2) is 17.3 Å². The number of rotatable bonds is 9. The predicted molar refractivity (Wildman–Crippen MR) is 148 cm³/mol. The van der Waals surface area contributed by atoms with Gasteiger partial charge in [0.25, 0.3) is 5.82 Å². The number of piperidine rings is 1. The smallest absolute Gasteiger partial charge is 0.271 e. The number of hydrogen-bond donors (Lipinski definition) is 4. The lowest BCUT2D eigenvalue weighted by molar-refractivity contribution is -0.676. The van der Waals surface area contributed by atoms with Crippen LogP contribution in [0.1, 0.15) is 55.8 Å². The Morgan fingerprint density at radius 2 is 1.77 bits per heavy atom. The molecule has 0 spiro atoms. The molecule has 40 heavy (non-hydrogen) atoms. The van der Waals surface area contributed by atoms with Gasteiger partial charge in [-0.25, -0.2) is 9.13 Å². The Morgan fingerprint density at radius 1 is 1.05 bits per heavy atom. The van der Waals surface area contributed by atoms with Crippen LogP contribution >= 0.6 is 0 Å². The Balaban J connectivity index is 0.00000370. The van der Waals surface area contributed by atoms with E-state index in [-0.39, 0.29) is 30.6 Å². The van der Waals surface area contributed by atoms with Crippen molar-refractivity contribution in [2.45, 2.75) is 82.9 Å². The number of β-amino-alcohol motifs (C(OH)–C–C–N with tert-alkyl or cyclic N) is 1. The molecule has 5 atom stereocenters. The fourth-order valence-electron chi connectivity index (χ4n) is 6.28. The molecule has 2 saturated heterocycles. The number of fused-ring (bicyclic) bond motifs is 1. The van der Waals surface area contributed by atoms with Crippen molar-refractivity contribution in [2.75, 3.05) is 26.2 Å². The first-order valence-corrected chi connectivity index (χ1v) is 14.3. The maximum absolute atomic E-state index is 10.9. The standard InChI is InChI=1S/C30H43N4O5.HI/c1-3-33-23-11-10-22(16-24(23)34(4-2)27(33)17-31)20-12-14-32(15-13-20)18-25(35)28(37)29-26(36)19-38-30(39-29)21-8-6-5-7-9-21;/h5-11,16,20,25-26,28-30,35-37H,3-4,12-15,17-19,31H2,1-2H3;1H/q+1;/p-1/t25-,26+,28+,29+,30?;/m0./s1. The molecule has 2 aromatic carbocycles. The normalized spacial score (nSPS) is 24.1. The van der Waals surface area contributed by atoms with E-state index in [0.29, 0.717) is 19.0 Å². The number of aromatic nitrogens is 2. The van der Waals surface area contributed by atoms with Gasteiger partial charge in [-0.2, -0.15) is 0 Å². The van der Waals surface area contributed by atoms with Crippen LogP contribution in [0, 0.1) is 0 Å². The monoisotopic (exact) mass is 666 g/mol. The number of aliphatic hydroxyl groups is 3. The summed E-state index contributed by atoms with van der Waals surface area (Å²) < 4.78 is 16.1. The average molecular weight is 667 g/mol. The number of nitrogens with zero attached hydrogens (tertiary/aromatic N) is 3. The Labute approximate surface area is 253 Å². The molecule has 0 aliphatic carbocycles. The van der Waals surface area contributed by atoms with Crippen molar-refractivity contribution in [3.8, 4) is 0 Å². The molecule has 5 rings (SSSR count). The minimum Gasteiger partial charge on any atom is -1.00 e. The highest BCUT2D eigenvalue weighted by molar-refractivity contribution is 5.73. The van der Waals surface area contributed by atoms with E-state index < -0.39 is 30.7 Å². The van der Waals surface area contributed by atoms with Crippen molar-refractivity contribution >= 4 is 11.0 Å². The molecule has 220 valence electrons. The van der Waals surface area contributed by atoms with Gasteiger partial charge in [-0.05, 0) is 63.4 Å². The van der Waals surface area contributed by atoms with Gasteiger partial charge in [0, 0.05) is 12.1 Å². The van der Waals surface area contributed by atoms with Gasteiger partial charge in [-0.3, -0.25) is 0 Å². The van der Waals surface area contributed by atoms with Gasteiger partial charge in [0.1, 0.15) is 18.3 Å². The Bertz CT molecular complexity index is 1230. The van der Waals surface area contributed by atoms with E-state index in [2.05, 4.69) is 46.1 Å². The van der Waals surface area contributed by atoms with Crippen LogP contribution in [-0.4, -0.2) is 75.4 Å². The number of aryl methyl sites for hydroxylation is 2. The van der Waals surface area contributed by atoms with Crippen LogP contribution < -0.4 is 34.3 Å². The zero-order chi connectivity index (χ0) is 27.5. The zero-order valence-corrected chi connectivity index (χ0v) is 25.6. The van der Waals surface area contributed by atoms with Gasteiger partial charge >= 0.3 is 0 Å². The summed E-state index contributed by atoms with van der Waals surface area (Å²) in [6, 6.07) is 16.2. The highest BCUT2D eigenvalue weighted by atomic mass is 127. The second-order valence-corrected chi connectivity index (χ2v) is 10.7. The lowest BCUT2D eigenvalue weighted by Crippen LogP contribution is -3.00. The van der Waals surface area contributed by atoms with Gasteiger partial charge in [0.2, 0.25) is 0 Å². The topological polar surface area (TPSA) is 117 Å². The molecule has 10 heteroatoms. The Morgan fingerprint density at radius 3 is 2.42 bits per heavy atom. The Hall–Kier alpha value is -1.64. The minimum atomic E-state index is -1.22. The summed E-state index contributed by atoms with van der Waals surface area (Å²) >= 11 is 0. The summed E-state index contributed by atoms with van der Waals surface area (Å²) in [6.07, 6.45) is -2.93. The minimum absolute atomic E-state index is 0. The van der Waals surface area contributed by atoms with Crippen molar-refractivity contribution in [1.29, 1.82) is 0 Å². The first kappa shape index (κ1) is 31.3. The van der Waals surface area contributed by atoms with E-state index >= 15 is 0 Å². The van der Waals surface area contributed by atoms with Gasteiger partial charge in [-0.1, -0.05) is 36.4 Å². The van der Waals surface area contributed by atoms with Crippen LogP contribution in [0.5, 0.6) is 0 Å². The summed E-state index contributed by atoms with van der Waals surface area (Å²) in [5.41, 5.74) is 10.7. The molecule has 9 nitrogen and oxygen atoms in total. The van der Waals surface area contributed by atoms with Crippen LogP contribution in [-0.2, 0) is 29.1 Å². The number of imidazole rings is 1. The Kier molecular flexibility index (Phi) is 11.0. The molecule has 0 bridgehead atoms. The predicted octanol–water partition coefficient (Wildman–Crippen LogP) is -1.19. The first-order chi connectivity index (χ1) is 18.9. The van der Waals surface area contributed by atoms with Gasteiger partial charge < -0.3 is 59.4 Å². The molecule has 3 heterocycles. The lowest BCUT2D eigenvalue weighted by Gasteiger charge is -2.39. The van der Waals surface area contributed by atoms with E-state index in [1.807, 2.05) is 30.3 Å². The maximum Gasteiger partial charge on any atom is 0.271 e. The van der Waals surface area contributed by atoms with E-state index in [1.165, 1.54) is 16.6 Å². The van der Waals surface area contributed by atoms with E-state index in [1.54, 1.807) is 0 Å². The first-order valence-electron chi connectivity index (χ1n) is 14.3. The molecule has 0 amide bonds. The summed E-state index contributed by atoms with van der Waals surface area (Å²) in [4.78, 5) is 2.19. The van der Waals surface area contributed by atoms with Crippen LogP contribution in [0.4, 0.5) is 0 Å². The van der Waals surface area contributed by atoms with E-state index in [9.17, 15) is 15.3 Å². The molecule has 0 radical (unpaired) electrons. The van der Waals surface area contributed by atoms with Crippen LogP contribution in [0.25, 0.3) is 11.0 Å². The van der Waals surface area contributed by atoms with Crippen molar-refractivity contribution in [3.05, 3.63) is 65.5 Å². The summed E-state index contributed by atoms with van der Waals surface area (Å²) in [5.74, 6) is 1.60. The molecule has 2 aliphatic heterocycles. The molecule has 2 fully saturated rings. The highest BCUT2D eigenvalue weighted by Crippen LogP contribution is 2.32. The molecule has 1 unspecified atom stereocenters. The van der Waals surface area contributed by atoms with Crippen molar-refractivity contribution in [3.63, 3.8) is 0 Å². The number of likely N-dealkylation sites (tertiary alicyclic amines) is 1. The van der Waals surface area contributed by atoms with E-state index in [0.717, 1.165) is 50.4 Å². The summed E-state index contributed by atoms with van der Waals surface area (Å²) in [6.45, 7) is 8.63. The van der Waals surface area contributed by atoms with Gasteiger partial charge in [-0.15, -0.1) is 0 Å². The molecule has 3 aromatic rings. The number of hydrogen-bond acceptors (Lipinski definition) is 7. The quantitative estimate of drug-likeness (QED) is 0.168. The lowest BCUT2D eigenvalue weighted by atomic mass is 9.89. The van der Waals surface area contributed by atoms with Crippen molar-refractivity contribution < 1.29 is 53.3 Å². The van der Waals surface area contributed by atoms with Crippen molar-refractivity contribution in [2.24, 2.45) is 5.73 Å². The molecular formula is C30H43IN4O5. The van der Waals surface area contributed by atoms with Crippen molar-refractivity contribution in [1.82, 2.24) is 9.47 Å². The molecular weight excluding hydrogens is 623 g/mol. The molecule has 0 saturated carbocycles. The number of nitrogens with two attached hydrogens (primary N) is 1. The van der Waals surface area contributed by atoms with Gasteiger partial charge in [0.05, 0.1) is 32.3 Å². The summed E-state index contributed by atoms with van der Waals surface area (Å²) in [5, 5.41) is 32.3. The number of benzene rings is 2. The van der Waals surface area contributed by atoms with Crippen LogP contribution in [0.2, 0.25) is 0 Å². The second-order valence-electron chi connectivity index (χ2n) is 10.7. The number of halogens is 1. The number of ether oxygens (including phenoxy) is 2. The molecule has 1 aromatic heterocycles. The van der Waals surface area contributed by atoms with Crippen LogP contribution in [0.15, 0.2) is 48.5 Å². The third kappa shape index (κ3) is 6.39. The number of aliphatic hydroxyl groups excluding tert-OH is 3.